The third kappa shape index (κ3) is 5.57. The summed E-state index contributed by atoms with van der Waals surface area (Å²) >= 11 is 0. The highest BCUT2D eigenvalue weighted by Crippen LogP contribution is 2.32. The lowest BCUT2D eigenvalue weighted by atomic mass is 10.1. The Morgan fingerprint density at radius 1 is 0.969 bits per heavy atom. The molecule has 1 aliphatic rings. The van der Waals surface area contributed by atoms with Gasteiger partial charge < -0.3 is 14.5 Å². The minimum atomic E-state index is -4.45. The average molecular weight is 444 g/mol. The Morgan fingerprint density at radius 2 is 1.72 bits per heavy atom. The van der Waals surface area contributed by atoms with Crippen molar-refractivity contribution in [2.75, 3.05) is 26.3 Å². The molecule has 2 heterocycles. The van der Waals surface area contributed by atoms with Crippen molar-refractivity contribution < 1.29 is 27.1 Å². The fourth-order valence-electron chi connectivity index (χ4n) is 3.59. The van der Waals surface area contributed by atoms with Crippen molar-refractivity contribution in [2.24, 2.45) is 0 Å². The molecular weight excluding hydrogens is 421 g/mol. The van der Waals surface area contributed by atoms with Gasteiger partial charge in [-0.15, -0.1) is 0 Å². The number of carbonyl (C=O) groups excluding carboxylic acids is 1. The summed E-state index contributed by atoms with van der Waals surface area (Å²) in [5.41, 5.74) is 1.60. The summed E-state index contributed by atoms with van der Waals surface area (Å²) < 4.78 is 49.7. The molecule has 0 atom stereocenters. The van der Waals surface area contributed by atoms with Gasteiger partial charge in [-0.2, -0.15) is 13.2 Å². The van der Waals surface area contributed by atoms with Gasteiger partial charge in [-0.05, 0) is 35.4 Å². The van der Waals surface area contributed by atoms with Crippen LogP contribution in [-0.2, 0) is 24.0 Å². The predicted octanol–water partition coefficient (Wildman–Crippen LogP) is 4.73. The van der Waals surface area contributed by atoms with Crippen molar-refractivity contribution in [3.8, 4) is 11.3 Å². The number of nitrogens with zero attached hydrogens (tertiary/aromatic N) is 1. The Balaban J connectivity index is 1.37. The van der Waals surface area contributed by atoms with Crippen LogP contribution in [0.2, 0.25) is 0 Å². The van der Waals surface area contributed by atoms with E-state index in [4.69, 9.17) is 9.15 Å². The van der Waals surface area contributed by atoms with Gasteiger partial charge in [-0.25, -0.2) is 0 Å². The molecule has 32 heavy (non-hydrogen) atoms. The Hall–Kier alpha value is -3.10. The van der Waals surface area contributed by atoms with Crippen LogP contribution in [0.3, 0.4) is 0 Å². The van der Waals surface area contributed by atoms with Crippen LogP contribution in [0.1, 0.15) is 27.2 Å². The van der Waals surface area contributed by atoms with E-state index < -0.39 is 17.6 Å². The molecule has 0 aliphatic carbocycles. The van der Waals surface area contributed by atoms with E-state index in [1.807, 2.05) is 18.2 Å². The Bertz CT molecular complexity index is 1070. The van der Waals surface area contributed by atoms with Crippen LogP contribution in [0.15, 0.2) is 65.1 Å². The number of amides is 1. The first kappa shape index (κ1) is 22.1. The summed E-state index contributed by atoms with van der Waals surface area (Å²) in [6.45, 7) is 4.41. The minimum Gasteiger partial charge on any atom is -0.451 e. The lowest BCUT2D eigenvalue weighted by molar-refractivity contribution is -0.137. The topological polar surface area (TPSA) is 54.7 Å². The van der Waals surface area contributed by atoms with Crippen LogP contribution >= 0.6 is 0 Å². The lowest BCUT2D eigenvalue weighted by Gasteiger charge is -2.26. The van der Waals surface area contributed by atoms with E-state index in [9.17, 15) is 18.0 Å². The molecule has 1 fully saturated rings. The highest BCUT2D eigenvalue weighted by atomic mass is 19.4. The van der Waals surface area contributed by atoms with Gasteiger partial charge in [0.2, 0.25) is 0 Å². The van der Waals surface area contributed by atoms with Crippen LogP contribution in [0, 0.1) is 0 Å². The standard InChI is InChI=1S/C24H23F3N2O3/c25-24(26,27)20-6-2-5-19(14-20)21-7-8-22(32-21)23(30)28-15-17-3-1-4-18(13-17)16-29-9-11-31-12-10-29/h1-8,13-14H,9-12,15-16H2,(H,28,30). The van der Waals surface area contributed by atoms with Gasteiger partial charge in [0, 0.05) is 31.7 Å². The number of carbonyl (C=O) groups is 1. The number of furan rings is 1. The molecule has 3 aromatic rings. The molecule has 1 amide bonds. The number of rotatable bonds is 6. The van der Waals surface area contributed by atoms with E-state index in [0.717, 1.165) is 56.1 Å². The molecule has 2 aromatic carbocycles. The van der Waals surface area contributed by atoms with E-state index in [-0.39, 0.29) is 17.1 Å². The molecule has 8 heteroatoms. The Morgan fingerprint density at radius 3 is 2.50 bits per heavy atom. The summed E-state index contributed by atoms with van der Waals surface area (Å²) in [7, 11) is 0. The van der Waals surface area contributed by atoms with Gasteiger partial charge in [0.25, 0.3) is 5.91 Å². The second-order valence-electron chi connectivity index (χ2n) is 7.63. The molecule has 4 rings (SSSR count). The molecule has 1 aromatic heterocycles. The number of morpholine rings is 1. The number of hydrogen-bond acceptors (Lipinski definition) is 4. The maximum Gasteiger partial charge on any atom is 0.416 e. The third-order valence-electron chi connectivity index (χ3n) is 5.26. The van der Waals surface area contributed by atoms with Gasteiger partial charge in [0.05, 0.1) is 18.8 Å². The monoisotopic (exact) mass is 444 g/mol. The highest BCUT2D eigenvalue weighted by molar-refractivity contribution is 5.92. The van der Waals surface area contributed by atoms with Gasteiger partial charge >= 0.3 is 6.18 Å². The minimum absolute atomic E-state index is 0.0434. The summed E-state index contributed by atoms with van der Waals surface area (Å²) in [5, 5.41) is 2.80. The van der Waals surface area contributed by atoms with Gasteiger partial charge in [0.1, 0.15) is 5.76 Å². The van der Waals surface area contributed by atoms with Crippen LogP contribution in [0.5, 0.6) is 0 Å². The Kier molecular flexibility index (Phi) is 6.62. The molecule has 0 bridgehead atoms. The fourth-order valence-corrected chi connectivity index (χ4v) is 3.59. The number of hydrogen-bond donors (Lipinski definition) is 1. The second-order valence-corrected chi connectivity index (χ2v) is 7.63. The number of ether oxygens (including phenoxy) is 1. The maximum atomic E-state index is 12.9. The van der Waals surface area contributed by atoms with Crippen molar-refractivity contribution >= 4 is 5.91 Å². The fraction of sp³-hybridized carbons (Fsp3) is 0.292. The van der Waals surface area contributed by atoms with Crippen molar-refractivity contribution in [1.82, 2.24) is 10.2 Å². The van der Waals surface area contributed by atoms with Gasteiger partial charge in [-0.3, -0.25) is 9.69 Å². The van der Waals surface area contributed by atoms with E-state index in [1.54, 1.807) is 0 Å². The van der Waals surface area contributed by atoms with E-state index in [0.29, 0.717) is 6.54 Å². The van der Waals surface area contributed by atoms with Crippen molar-refractivity contribution in [3.63, 3.8) is 0 Å². The first-order valence-corrected chi connectivity index (χ1v) is 10.3. The predicted molar refractivity (Wildman–Crippen MR) is 113 cm³/mol. The van der Waals surface area contributed by atoms with E-state index in [2.05, 4.69) is 16.3 Å². The number of alkyl halides is 3. The smallest absolute Gasteiger partial charge is 0.416 e. The molecule has 168 valence electrons. The summed E-state index contributed by atoms with van der Waals surface area (Å²) in [5.74, 6) is -0.183. The maximum absolute atomic E-state index is 12.9. The zero-order valence-electron chi connectivity index (χ0n) is 17.3. The number of benzene rings is 2. The number of halogens is 3. The normalized spacial score (nSPS) is 15.0. The summed E-state index contributed by atoms with van der Waals surface area (Å²) in [6, 6.07) is 15.7. The van der Waals surface area contributed by atoms with Crippen LogP contribution in [-0.4, -0.2) is 37.1 Å². The molecule has 0 unspecified atom stereocenters. The van der Waals surface area contributed by atoms with E-state index in [1.165, 1.54) is 24.3 Å². The molecule has 0 spiro atoms. The number of nitrogens with one attached hydrogen (secondary N) is 1. The second kappa shape index (κ2) is 9.58. The molecule has 5 nitrogen and oxygen atoms in total. The van der Waals surface area contributed by atoms with Crippen LogP contribution in [0.25, 0.3) is 11.3 Å². The quantitative estimate of drug-likeness (QED) is 0.598. The summed E-state index contributed by atoms with van der Waals surface area (Å²) in [6.07, 6.45) is -4.45. The first-order chi connectivity index (χ1) is 15.4. The third-order valence-corrected chi connectivity index (χ3v) is 5.26. The zero-order valence-corrected chi connectivity index (χ0v) is 17.3. The molecule has 1 saturated heterocycles. The molecule has 1 N–H and O–H groups in total. The SMILES string of the molecule is O=C(NCc1cccc(CN2CCOCC2)c1)c1ccc(-c2cccc(C(F)(F)F)c2)o1. The molecule has 0 radical (unpaired) electrons. The van der Waals surface area contributed by atoms with Crippen molar-refractivity contribution in [2.45, 2.75) is 19.3 Å². The summed E-state index contributed by atoms with van der Waals surface area (Å²) in [4.78, 5) is 14.8. The van der Waals surface area contributed by atoms with Gasteiger partial charge in [-0.1, -0.05) is 36.4 Å². The van der Waals surface area contributed by atoms with Crippen molar-refractivity contribution in [3.05, 3.63) is 83.1 Å². The average Bonchev–Trinajstić information content (AvgIpc) is 3.29. The van der Waals surface area contributed by atoms with Crippen LogP contribution in [0.4, 0.5) is 13.2 Å². The van der Waals surface area contributed by atoms with Gasteiger partial charge in [0.15, 0.2) is 5.76 Å². The Labute approximate surface area is 183 Å². The molecule has 1 aliphatic heterocycles. The van der Waals surface area contributed by atoms with E-state index >= 15 is 0 Å². The first-order valence-electron chi connectivity index (χ1n) is 10.3. The molecular formula is C24H23F3N2O3. The lowest BCUT2D eigenvalue weighted by Crippen LogP contribution is -2.35. The molecule has 0 saturated carbocycles. The zero-order chi connectivity index (χ0) is 22.6. The largest absolute Gasteiger partial charge is 0.451 e. The van der Waals surface area contributed by atoms with Crippen molar-refractivity contribution in [1.29, 1.82) is 0 Å². The highest BCUT2D eigenvalue weighted by Gasteiger charge is 2.30. The van der Waals surface area contributed by atoms with Crippen LogP contribution < -0.4 is 5.32 Å².